The van der Waals surface area contributed by atoms with Crippen molar-refractivity contribution < 1.29 is 9.59 Å². The molecule has 0 bridgehead atoms. The van der Waals surface area contributed by atoms with Crippen LogP contribution in [0.2, 0.25) is 0 Å². The maximum Gasteiger partial charge on any atom is 0.253 e. The number of rotatable bonds is 6. The number of nitrogens with two attached hydrogens (primary N) is 1. The number of hydrogen-bond donors (Lipinski definition) is 1. The van der Waals surface area contributed by atoms with Crippen molar-refractivity contribution in [2.45, 2.75) is 30.8 Å². The van der Waals surface area contributed by atoms with Gasteiger partial charge in [0.1, 0.15) is 0 Å². The van der Waals surface area contributed by atoms with Gasteiger partial charge < -0.3 is 10.6 Å². The molecule has 7 heteroatoms. The first-order chi connectivity index (χ1) is 12.6. The topological polar surface area (TPSA) is 81.2 Å². The zero-order chi connectivity index (χ0) is 18.5. The fraction of sp³-hybridized carbons (Fsp3) is 0.421. The van der Waals surface area contributed by atoms with Crippen LogP contribution in [0.15, 0.2) is 41.8 Å². The van der Waals surface area contributed by atoms with E-state index in [-0.39, 0.29) is 11.8 Å². The van der Waals surface area contributed by atoms with Crippen molar-refractivity contribution in [3.05, 3.63) is 42.2 Å². The quantitative estimate of drug-likeness (QED) is 0.791. The number of primary amides is 1. The summed E-state index contributed by atoms with van der Waals surface area (Å²) < 4.78 is 2.00. The Morgan fingerprint density at radius 2 is 2.08 bits per heavy atom. The predicted octanol–water partition coefficient (Wildman–Crippen LogP) is 2.71. The maximum absolute atomic E-state index is 12.8. The Morgan fingerprint density at radius 1 is 1.31 bits per heavy atom. The van der Waals surface area contributed by atoms with Crippen LogP contribution in [0.3, 0.4) is 0 Å². The second kappa shape index (κ2) is 8.40. The molecule has 1 aliphatic heterocycles. The number of carbonyl (C=O) groups is 2. The lowest BCUT2D eigenvalue weighted by Crippen LogP contribution is -2.40. The summed E-state index contributed by atoms with van der Waals surface area (Å²) in [4.78, 5) is 30.0. The Morgan fingerprint density at radius 3 is 2.77 bits per heavy atom. The highest BCUT2D eigenvalue weighted by Crippen LogP contribution is 2.23. The molecule has 0 radical (unpaired) electrons. The van der Waals surface area contributed by atoms with E-state index in [0.717, 1.165) is 36.7 Å². The number of piperidine rings is 1. The molecular weight excluding hydrogens is 348 g/mol. The summed E-state index contributed by atoms with van der Waals surface area (Å²) in [7, 11) is 0. The van der Waals surface area contributed by atoms with E-state index in [9.17, 15) is 9.59 Å². The largest absolute Gasteiger partial charge is 0.370 e. The molecule has 1 atom stereocenters. The molecule has 1 unspecified atom stereocenters. The third kappa shape index (κ3) is 4.27. The third-order valence-electron chi connectivity index (χ3n) is 4.79. The van der Waals surface area contributed by atoms with Crippen LogP contribution in [0, 0.1) is 5.92 Å². The number of nitrogens with zero attached hydrogens (tertiary/aromatic N) is 3. The summed E-state index contributed by atoms with van der Waals surface area (Å²) in [6.45, 7) is 1.47. The molecule has 0 saturated carbocycles. The van der Waals surface area contributed by atoms with Gasteiger partial charge in [0.2, 0.25) is 5.91 Å². The van der Waals surface area contributed by atoms with Gasteiger partial charge in [0.05, 0.1) is 0 Å². The number of thioether (sulfide) groups is 1. The van der Waals surface area contributed by atoms with E-state index >= 15 is 0 Å². The third-order valence-corrected chi connectivity index (χ3v) is 5.45. The molecule has 1 aromatic carbocycles. The Balaban J connectivity index is 1.67. The second-order valence-corrected chi connectivity index (χ2v) is 7.37. The van der Waals surface area contributed by atoms with Crippen LogP contribution in [0.4, 0.5) is 0 Å². The second-order valence-electron chi connectivity index (χ2n) is 6.60. The molecular formula is C19H24N4O2S. The van der Waals surface area contributed by atoms with Gasteiger partial charge in [0.15, 0.2) is 5.16 Å². The molecule has 1 aliphatic rings. The van der Waals surface area contributed by atoms with E-state index in [1.807, 2.05) is 46.2 Å². The van der Waals surface area contributed by atoms with Gasteiger partial charge in [-0.05, 0) is 55.7 Å². The molecule has 2 aromatic rings. The van der Waals surface area contributed by atoms with Gasteiger partial charge in [-0.1, -0.05) is 11.8 Å². The minimum Gasteiger partial charge on any atom is -0.370 e. The molecule has 2 N–H and O–H groups in total. The van der Waals surface area contributed by atoms with Crippen molar-refractivity contribution in [2.24, 2.45) is 11.7 Å². The summed E-state index contributed by atoms with van der Waals surface area (Å²) in [6, 6.07) is 7.63. The van der Waals surface area contributed by atoms with E-state index in [0.29, 0.717) is 24.4 Å². The number of likely N-dealkylation sites (tertiary alicyclic amines) is 1. The molecule has 26 heavy (non-hydrogen) atoms. The molecule has 138 valence electrons. The summed E-state index contributed by atoms with van der Waals surface area (Å²) in [5, 5.41) is 0.914. The fourth-order valence-electron chi connectivity index (χ4n) is 3.42. The number of amides is 2. The lowest BCUT2D eigenvalue weighted by molar-refractivity contribution is -0.118. The number of aromatic nitrogens is 2. The average Bonchev–Trinajstić information content (AvgIpc) is 3.15. The van der Waals surface area contributed by atoms with Gasteiger partial charge in [0.25, 0.3) is 5.91 Å². The molecule has 1 fully saturated rings. The molecule has 2 heterocycles. The molecule has 1 saturated heterocycles. The number of carbonyl (C=O) groups excluding carboxylic acids is 2. The summed E-state index contributed by atoms with van der Waals surface area (Å²) in [5.74, 6) is 0.138. The Bertz CT molecular complexity index is 772. The van der Waals surface area contributed by atoms with Crippen molar-refractivity contribution >= 4 is 23.6 Å². The zero-order valence-corrected chi connectivity index (χ0v) is 15.7. The monoisotopic (exact) mass is 372 g/mol. The van der Waals surface area contributed by atoms with Gasteiger partial charge in [0, 0.05) is 43.2 Å². The first-order valence-corrected chi connectivity index (χ1v) is 10.1. The number of hydrogen-bond acceptors (Lipinski definition) is 4. The summed E-state index contributed by atoms with van der Waals surface area (Å²) in [6.07, 6.45) is 8.84. The Labute approximate surface area is 157 Å². The van der Waals surface area contributed by atoms with Crippen LogP contribution in [0.25, 0.3) is 5.69 Å². The smallest absolute Gasteiger partial charge is 0.253 e. The van der Waals surface area contributed by atoms with Crippen molar-refractivity contribution in [1.29, 1.82) is 0 Å². The molecule has 6 nitrogen and oxygen atoms in total. The highest BCUT2D eigenvalue weighted by Gasteiger charge is 2.24. The van der Waals surface area contributed by atoms with Gasteiger partial charge in [-0.25, -0.2) is 4.98 Å². The van der Waals surface area contributed by atoms with Gasteiger partial charge >= 0.3 is 0 Å². The average molecular weight is 372 g/mol. The minimum absolute atomic E-state index is 0.0519. The lowest BCUT2D eigenvalue weighted by atomic mass is 9.93. The molecule has 0 aliphatic carbocycles. The van der Waals surface area contributed by atoms with E-state index in [1.165, 1.54) is 0 Å². The predicted molar refractivity (Wildman–Crippen MR) is 102 cm³/mol. The minimum atomic E-state index is -0.270. The van der Waals surface area contributed by atoms with Crippen molar-refractivity contribution in [3.63, 3.8) is 0 Å². The standard InChI is InChI=1S/C19H24N4O2S/c1-26-19-21-10-12-23(19)16-7-5-15(6-8-16)18(25)22-11-2-3-14(13-22)4-9-17(20)24/h5-8,10,12,14H,2-4,9,11,13H2,1H3,(H2,20,24). The normalized spacial score (nSPS) is 17.3. The summed E-state index contributed by atoms with van der Waals surface area (Å²) >= 11 is 1.58. The lowest BCUT2D eigenvalue weighted by Gasteiger charge is -2.32. The van der Waals surface area contributed by atoms with Crippen LogP contribution >= 0.6 is 11.8 Å². The van der Waals surface area contributed by atoms with Crippen LogP contribution in [0.5, 0.6) is 0 Å². The fourth-order valence-corrected chi connectivity index (χ4v) is 3.95. The van der Waals surface area contributed by atoms with Gasteiger partial charge in [-0.2, -0.15) is 0 Å². The maximum atomic E-state index is 12.8. The highest BCUT2D eigenvalue weighted by molar-refractivity contribution is 7.98. The SMILES string of the molecule is CSc1nccn1-c1ccc(C(=O)N2CCCC(CCC(N)=O)C2)cc1. The van der Waals surface area contributed by atoms with Crippen molar-refractivity contribution in [1.82, 2.24) is 14.5 Å². The van der Waals surface area contributed by atoms with E-state index in [2.05, 4.69) is 4.98 Å². The molecule has 2 amide bonds. The van der Waals surface area contributed by atoms with Crippen molar-refractivity contribution in [3.8, 4) is 5.69 Å². The molecule has 0 spiro atoms. The van der Waals surface area contributed by atoms with Gasteiger partial charge in [-0.15, -0.1) is 0 Å². The molecule has 1 aromatic heterocycles. The summed E-state index contributed by atoms with van der Waals surface area (Å²) in [5.41, 5.74) is 6.92. The van der Waals surface area contributed by atoms with E-state index in [1.54, 1.807) is 18.0 Å². The van der Waals surface area contributed by atoms with E-state index < -0.39 is 0 Å². The first-order valence-electron chi connectivity index (χ1n) is 8.84. The molecule has 3 rings (SSSR count). The van der Waals surface area contributed by atoms with Crippen LogP contribution < -0.4 is 5.73 Å². The Hall–Kier alpha value is -2.28. The number of imidazole rings is 1. The first kappa shape index (κ1) is 18.5. The van der Waals surface area contributed by atoms with E-state index in [4.69, 9.17) is 5.73 Å². The Kier molecular flexibility index (Phi) is 5.98. The zero-order valence-electron chi connectivity index (χ0n) is 14.9. The van der Waals surface area contributed by atoms with Crippen LogP contribution in [-0.4, -0.2) is 45.6 Å². The van der Waals surface area contributed by atoms with Gasteiger partial charge in [-0.3, -0.25) is 14.2 Å². The van der Waals surface area contributed by atoms with Crippen LogP contribution in [-0.2, 0) is 4.79 Å². The van der Waals surface area contributed by atoms with Crippen molar-refractivity contribution in [2.75, 3.05) is 19.3 Å². The number of benzene rings is 1. The van der Waals surface area contributed by atoms with Crippen LogP contribution in [0.1, 0.15) is 36.0 Å². The highest BCUT2D eigenvalue weighted by atomic mass is 32.2.